The Morgan fingerprint density at radius 2 is 2.07 bits per heavy atom. The zero-order valence-corrected chi connectivity index (χ0v) is 16.4. The van der Waals surface area contributed by atoms with Crippen molar-refractivity contribution in [3.05, 3.63) is 52.5 Å². The molecular formula is C20H27N5OS. The van der Waals surface area contributed by atoms with Gasteiger partial charge < -0.3 is 10.2 Å². The molecule has 7 heteroatoms. The minimum Gasteiger partial charge on any atom is -0.339 e. The second kappa shape index (κ2) is 8.93. The van der Waals surface area contributed by atoms with Crippen LogP contribution in [0.25, 0.3) is 0 Å². The normalized spacial score (nSPS) is 22.1. The molecule has 144 valence electrons. The molecule has 2 aromatic heterocycles. The highest BCUT2D eigenvalue weighted by Gasteiger charge is 2.28. The molecular weight excluding hydrogens is 358 g/mol. The maximum absolute atomic E-state index is 12.9. The zero-order valence-electron chi connectivity index (χ0n) is 15.6. The van der Waals surface area contributed by atoms with Gasteiger partial charge in [0.15, 0.2) is 0 Å². The molecule has 0 aromatic carbocycles. The summed E-state index contributed by atoms with van der Waals surface area (Å²) in [5, 5.41) is 5.57. The predicted octanol–water partition coefficient (Wildman–Crippen LogP) is 1.43. The molecule has 4 rings (SSSR count). The van der Waals surface area contributed by atoms with Gasteiger partial charge in [0, 0.05) is 75.7 Å². The van der Waals surface area contributed by atoms with E-state index in [0.717, 1.165) is 52.4 Å². The fraction of sp³-hybridized carbons (Fsp3) is 0.500. The van der Waals surface area contributed by atoms with Gasteiger partial charge >= 0.3 is 0 Å². The standard InChI is InChI=1S/C20H27N5OS/c26-20(24-10-8-23(9-11-24)15-18-4-2-12-27-18)16-25-7-6-22-14-19(25)17-3-1-5-21-13-17/h1-5,12-13,19,22H,6-11,14-16H2. The molecule has 4 heterocycles. The van der Waals surface area contributed by atoms with E-state index in [1.54, 1.807) is 17.5 Å². The molecule has 0 aliphatic carbocycles. The third-order valence-corrected chi connectivity index (χ3v) is 6.31. The highest BCUT2D eigenvalue weighted by Crippen LogP contribution is 2.21. The van der Waals surface area contributed by atoms with Crippen LogP contribution in [0.5, 0.6) is 0 Å². The number of hydrogen-bond donors (Lipinski definition) is 1. The highest BCUT2D eigenvalue weighted by molar-refractivity contribution is 7.09. The van der Waals surface area contributed by atoms with Crippen LogP contribution in [0.3, 0.4) is 0 Å². The molecule has 2 saturated heterocycles. The summed E-state index contributed by atoms with van der Waals surface area (Å²) >= 11 is 1.81. The Kier molecular flexibility index (Phi) is 6.14. The molecule has 0 spiro atoms. The number of thiophene rings is 1. The monoisotopic (exact) mass is 385 g/mol. The van der Waals surface area contributed by atoms with E-state index in [9.17, 15) is 4.79 Å². The van der Waals surface area contributed by atoms with E-state index in [4.69, 9.17) is 0 Å². The SMILES string of the molecule is O=C(CN1CCNCC1c1cccnc1)N1CCN(Cc2cccs2)CC1. The Morgan fingerprint density at radius 3 is 2.81 bits per heavy atom. The average molecular weight is 386 g/mol. The van der Waals surface area contributed by atoms with Gasteiger partial charge in [-0.25, -0.2) is 0 Å². The van der Waals surface area contributed by atoms with Crippen molar-refractivity contribution < 1.29 is 4.79 Å². The molecule has 27 heavy (non-hydrogen) atoms. The number of amides is 1. The van der Waals surface area contributed by atoms with Crippen molar-refractivity contribution in [1.29, 1.82) is 0 Å². The molecule has 6 nitrogen and oxygen atoms in total. The summed E-state index contributed by atoms with van der Waals surface area (Å²) in [6, 6.07) is 8.58. The Balaban J connectivity index is 1.30. The summed E-state index contributed by atoms with van der Waals surface area (Å²) in [5.41, 5.74) is 1.18. The number of pyridine rings is 1. The topological polar surface area (TPSA) is 51.7 Å². The summed E-state index contributed by atoms with van der Waals surface area (Å²) in [6.45, 7) is 7.75. The van der Waals surface area contributed by atoms with Crippen LogP contribution in [0.2, 0.25) is 0 Å². The molecule has 0 radical (unpaired) electrons. The van der Waals surface area contributed by atoms with Crippen molar-refractivity contribution in [3.63, 3.8) is 0 Å². The van der Waals surface area contributed by atoms with Crippen LogP contribution in [0.1, 0.15) is 16.5 Å². The van der Waals surface area contributed by atoms with Crippen LogP contribution in [0, 0.1) is 0 Å². The van der Waals surface area contributed by atoms with Gasteiger partial charge in [-0.15, -0.1) is 11.3 Å². The minimum atomic E-state index is 0.219. The summed E-state index contributed by atoms with van der Waals surface area (Å²) in [5.74, 6) is 0.251. The fourth-order valence-corrected chi connectivity index (χ4v) is 4.64. The summed E-state index contributed by atoms with van der Waals surface area (Å²) in [7, 11) is 0. The highest BCUT2D eigenvalue weighted by atomic mass is 32.1. The van der Waals surface area contributed by atoms with E-state index in [2.05, 4.69) is 43.7 Å². The second-order valence-electron chi connectivity index (χ2n) is 7.21. The largest absolute Gasteiger partial charge is 0.339 e. The first-order valence-electron chi connectivity index (χ1n) is 9.67. The number of hydrogen-bond acceptors (Lipinski definition) is 6. The van der Waals surface area contributed by atoms with Crippen molar-refractivity contribution in [2.24, 2.45) is 0 Å². The molecule has 0 bridgehead atoms. The number of nitrogens with zero attached hydrogens (tertiary/aromatic N) is 4. The lowest BCUT2D eigenvalue weighted by atomic mass is 10.1. The van der Waals surface area contributed by atoms with Crippen LogP contribution in [0.4, 0.5) is 0 Å². The van der Waals surface area contributed by atoms with E-state index >= 15 is 0 Å². The van der Waals surface area contributed by atoms with Crippen LogP contribution in [-0.4, -0.2) is 77.9 Å². The summed E-state index contributed by atoms with van der Waals surface area (Å²) in [6.07, 6.45) is 3.71. The quantitative estimate of drug-likeness (QED) is 0.844. The fourth-order valence-electron chi connectivity index (χ4n) is 3.89. The lowest BCUT2D eigenvalue weighted by Crippen LogP contribution is -2.53. The van der Waals surface area contributed by atoms with Gasteiger partial charge in [-0.1, -0.05) is 12.1 Å². The smallest absolute Gasteiger partial charge is 0.236 e. The van der Waals surface area contributed by atoms with E-state index in [1.807, 2.05) is 17.2 Å². The van der Waals surface area contributed by atoms with E-state index in [0.29, 0.717) is 6.54 Å². The first-order chi connectivity index (χ1) is 13.3. The molecule has 2 fully saturated rings. The van der Waals surface area contributed by atoms with Crippen LogP contribution in [0.15, 0.2) is 42.0 Å². The van der Waals surface area contributed by atoms with Gasteiger partial charge in [-0.2, -0.15) is 0 Å². The number of aromatic nitrogens is 1. The maximum atomic E-state index is 12.9. The molecule has 2 aliphatic rings. The minimum absolute atomic E-state index is 0.219. The zero-order chi connectivity index (χ0) is 18.5. The van der Waals surface area contributed by atoms with Crippen LogP contribution < -0.4 is 5.32 Å². The van der Waals surface area contributed by atoms with Crippen molar-refractivity contribution in [3.8, 4) is 0 Å². The van der Waals surface area contributed by atoms with Gasteiger partial charge in [-0.05, 0) is 23.1 Å². The lowest BCUT2D eigenvalue weighted by Gasteiger charge is -2.39. The summed E-state index contributed by atoms with van der Waals surface area (Å²) < 4.78 is 0. The van der Waals surface area contributed by atoms with E-state index in [-0.39, 0.29) is 11.9 Å². The lowest BCUT2D eigenvalue weighted by molar-refractivity contribution is -0.135. The van der Waals surface area contributed by atoms with Gasteiger partial charge in [0.1, 0.15) is 0 Å². The second-order valence-corrected chi connectivity index (χ2v) is 8.25. The summed E-state index contributed by atoms with van der Waals surface area (Å²) in [4.78, 5) is 25.3. The van der Waals surface area contributed by atoms with Gasteiger partial charge in [-0.3, -0.25) is 19.6 Å². The van der Waals surface area contributed by atoms with Crippen molar-refractivity contribution in [2.75, 3.05) is 52.4 Å². The number of piperazine rings is 2. The molecule has 0 saturated carbocycles. The third-order valence-electron chi connectivity index (χ3n) is 5.45. The van der Waals surface area contributed by atoms with Gasteiger partial charge in [0.25, 0.3) is 0 Å². The molecule has 1 amide bonds. The van der Waals surface area contributed by atoms with E-state index < -0.39 is 0 Å². The molecule has 2 aliphatic heterocycles. The first-order valence-corrected chi connectivity index (χ1v) is 10.5. The molecule has 1 N–H and O–H groups in total. The van der Waals surface area contributed by atoms with Crippen molar-refractivity contribution in [1.82, 2.24) is 25.0 Å². The maximum Gasteiger partial charge on any atom is 0.236 e. The number of carbonyl (C=O) groups excluding carboxylic acids is 1. The first kappa shape index (κ1) is 18.6. The number of nitrogens with one attached hydrogen (secondary N) is 1. The van der Waals surface area contributed by atoms with Gasteiger partial charge in [0.05, 0.1) is 6.54 Å². The molecule has 2 aromatic rings. The van der Waals surface area contributed by atoms with Crippen molar-refractivity contribution >= 4 is 17.2 Å². The Labute approximate surface area is 164 Å². The Bertz CT molecular complexity index is 715. The molecule has 1 unspecified atom stereocenters. The number of rotatable bonds is 5. The predicted molar refractivity (Wildman–Crippen MR) is 108 cm³/mol. The van der Waals surface area contributed by atoms with Crippen molar-refractivity contribution in [2.45, 2.75) is 12.6 Å². The Morgan fingerprint density at radius 1 is 1.19 bits per heavy atom. The third kappa shape index (κ3) is 4.73. The average Bonchev–Trinajstić information content (AvgIpc) is 3.23. The van der Waals surface area contributed by atoms with Crippen LogP contribution >= 0.6 is 11.3 Å². The van der Waals surface area contributed by atoms with Crippen LogP contribution in [-0.2, 0) is 11.3 Å². The Hall–Kier alpha value is -1.80. The van der Waals surface area contributed by atoms with Gasteiger partial charge in [0.2, 0.25) is 5.91 Å². The van der Waals surface area contributed by atoms with E-state index in [1.165, 1.54) is 10.4 Å². The molecule has 1 atom stereocenters. The number of carbonyl (C=O) groups is 1.